The summed E-state index contributed by atoms with van der Waals surface area (Å²) in [4.78, 5) is 28.7. The van der Waals surface area contributed by atoms with Gasteiger partial charge in [-0.15, -0.1) is 0 Å². The summed E-state index contributed by atoms with van der Waals surface area (Å²) in [6.07, 6.45) is 4.55. The van der Waals surface area contributed by atoms with E-state index in [1.807, 2.05) is 9.80 Å². The summed E-state index contributed by atoms with van der Waals surface area (Å²) in [5.41, 5.74) is 0. The normalized spacial score (nSPS) is 24.5. The van der Waals surface area contributed by atoms with Crippen LogP contribution in [0.15, 0.2) is 0 Å². The lowest BCUT2D eigenvalue weighted by Crippen LogP contribution is -2.50. The number of nitrogens with zero attached hydrogens (tertiary/aromatic N) is 2. The molecule has 0 N–H and O–H groups in total. The van der Waals surface area contributed by atoms with Crippen molar-refractivity contribution < 1.29 is 9.59 Å². The fourth-order valence-corrected chi connectivity index (χ4v) is 3.23. The maximum absolute atomic E-state index is 12.6. The van der Waals surface area contributed by atoms with Crippen LogP contribution in [0, 0.1) is 11.8 Å². The first-order chi connectivity index (χ1) is 9.49. The van der Waals surface area contributed by atoms with Crippen LogP contribution in [0.1, 0.15) is 52.9 Å². The Bertz CT molecular complexity index is 359. The Morgan fingerprint density at radius 2 is 1.75 bits per heavy atom. The third kappa shape index (κ3) is 3.53. The molecule has 0 saturated carbocycles. The van der Waals surface area contributed by atoms with E-state index in [1.54, 1.807) is 0 Å². The van der Waals surface area contributed by atoms with Crippen molar-refractivity contribution in [2.45, 2.75) is 58.9 Å². The topological polar surface area (TPSA) is 40.6 Å². The highest BCUT2D eigenvalue weighted by Crippen LogP contribution is 2.24. The van der Waals surface area contributed by atoms with E-state index >= 15 is 0 Å². The monoisotopic (exact) mass is 280 g/mol. The summed E-state index contributed by atoms with van der Waals surface area (Å²) in [5, 5.41) is 0. The van der Waals surface area contributed by atoms with Crippen LogP contribution in [-0.2, 0) is 9.59 Å². The molecule has 0 aliphatic carbocycles. The smallest absolute Gasteiger partial charge is 0.245 e. The molecule has 2 amide bonds. The Morgan fingerprint density at radius 1 is 1.10 bits per heavy atom. The highest BCUT2D eigenvalue weighted by atomic mass is 16.2. The van der Waals surface area contributed by atoms with Gasteiger partial charge in [0, 0.05) is 26.1 Å². The van der Waals surface area contributed by atoms with Crippen molar-refractivity contribution in [1.29, 1.82) is 0 Å². The summed E-state index contributed by atoms with van der Waals surface area (Å²) in [6, 6.07) is -0.186. The van der Waals surface area contributed by atoms with Crippen molar-refractivity contribution in [2.75, 3.05) is 19.6 Å². The van der Waals surface area contributed by atoms with Gasteiger partial charge in [-0.05, 0) is 37.5 Å². The average Bonchev–Trinajstić information content (AvgIpc) is 2.87. The van der Waals surface area contributed by atoms with Crippen LogP contribution in [0.25, 0.3) is 0 Å². The molecule has 0 unspecified atom stereocenters. The lowest BCUT2D eigenvalue weighted by atomic mass is 9.98. The summed E-state index contributed by atoms with van der Waals surface area (Å²) in [5.74, 6) is 1.42. The fourth-order valence-electron chi connectivity index (χ4n) is 3.23. The molecule has 0 aromatic rings. The van der Waals surface area contributed by atoms with Crippen molar-refractivity contribution in [3.63, 3.8) is 0 Å². The molecule has 1 atom stereocenters. The maximum atomic E-state index is 12.6. The van der Waals surface area contributed by atoms with Gasteiger partial charge in [-0.1, -0.05) is 20.8 Å². The Kier molecular flexibility index (Phi) is 5.06. The van der Waals surface area contributed by atoms with Gasteiger partial charge in [-0.25, -0.2) is 0 Å². The van der Waals surface area contributed by atoms with E-state index in [-0.39, 0.29) is 17.9 Å². The van der Waals surface area contributed by atoms with E-state index in [2.05, 4.69) is 20.8 Å². The molecule has 114 valence electrons. The molecule has 2 rings (SSSR count). The van der Waals surface area contributed by atoms with Crippen LogP contribution in [0.3, 0.4) is 0 Å². The highest BCUT2D eigenvalue weighted by molar-refractivity contribution is 5.88. The van der Waals surface area contributed by atoms with Gasteiger partial charge >= 0.3 is 0 Å². The number of piperidine rings is 1. The van der Waals surface area contributed by atoms with Crippen LogP contribution in [-0.4, -0.2) is 47.3 Å². The number of hydrogen-bond acceptors (Lipinski definition) is 2. The molecule has 2 aliphatic heterocycles. The minimum atomic E-state index is -0.186. The van der Waals surface area contributed by atoms with Gasteiger partial charge in [-0.2, -0.15) is 0 Å². The van der Waals surface area contributed by atoms with Gasteiger partial charge in [0.15, 0.2) is 0 Å². The molecule has 0 spiro atoms. The van der Waals surface area contributed by atoms with Crippen molar-refractivity contribution in [1.82, 2.24) is 9.80 Å². The van der Waals surface area contributed by atoms with E-state index in [1.165, 1.54) is 0 Å². The van der Waals surface area contributed by atoms with Crippen LogP contribution < -0.4 is 0 Å². The number of carbonyl (C=O) groups excluding carboxylic acids is 2. The zero-order valence-electron chi connectivity index (χ0n) is 13.1. The molecule has 2 aliphatic rings. The minimum absolute atomic E-state index is 0.154. The zero-order valence-corrected chi connectivity index (χ0v) is 13.1. The largest absolute Gasteiger partial charge is 0.341 e. The Labute approximate surface area is 122 Å². The second-order valence-corrected chi connectivity index (χ2v) is 6.85. The first kappa shape index (κ1) is 15.3. The van der Waals surface area contributed by atoms with E-state index < -0.39 is 0 Å². The standard InChI is InChI=1S/C16H28N2O2/c1-12(2)11-15(19)18-8-4-5-14(18)16(20)17-9-6-13(3)7-10-17/h12-14H,4-11H2,1-3H3/t14-/m1/s1. The molecule has 2 saturated heterocycles. The molecular weight excluding hydrogens is 252 g/mol. The molecule has 4 heteroatoms. The molecular formula is C16H28N2O2. The molecule has 0 aromatic heterocycles. The molecule has 0 radical (unpaired) electrons. The zero-order chi connectivity index (χ0) is 14.7. The van der Waals surface area contributed by atoms with Crippen LogP contribution >= 0.6 is 0 Å². The molecule has 20 heavy (non-hydrogen) atoms. The second-order valence-electron chi connectivity index (χ2n) is 6.85. The predicted molar refractivity (Wildman–Crippen MR) is 79.2 cm³/mol. The van der Waals surface area contributed by atoms with Crippen LogP contribution in [0.4, 0.5) is 0 Å². The number of rotatable bonds is 3. The van der Waals surface area contributed by atoms with E-state index in [9.17, 15) is 9.59 Å². The summed E-state index contributed by atoms with van der Waals surface area (Å²) in [7, 11) is 0. The molecule has 2 fully saturated rings. The number of hydrogen-bond donors (Lipinski definition) is 0. The van der Waals surface area contributed by atoms with Gasteiger partial charge in [0.1, 0.15) is 6.04 Å². The van der Waals surface area contributed by atoms with Gasteiger partial charge < -0.3 is 9.80 Å². The first-order valence-electron chi connectivity index (χ1n) is 8.07. The van der Waals surface area contributed by atoms with Crippen LogP contribution in [0.2, 0.25) is 0 Å². The molecule has 0 bridgehead atoms. The van der Waals surface area contributed by atoms with Crippen molar-refractivity contribution in [3.8, 4) is 0 Å². The van der Waals surface area contributed by atoms with E-state index in [0.717, 1.165) is 51.2 Å². The summed E-state index contributed by atoms with van der Waals surface area (Å²) < 4.78 is 0. The van der Waals surface area contributed by atoms with Crippen molar-refractivity contribution in [3.05, 3.63) is 0 Å². The Morgan fingerprint density at radius 3 is 2.35 bits per heavy atom. The molecule has 0 aromatic carbocycles. The summed E-state index contributed by atoms with van der Waals surface area (Å²) in [6.45, 7) is 8.83. The minimum Gasteiger partial charge on any atom is -0.341 e. The summed E-state index contributed by atoms with van der Waals surface area (Å²) >= 11 is 0. The number of likely N-dealkylation sites (tertiary alicyclic amines) is 2. The van der Waals surface area contributed by atoms with Gasteiger partial charge in [-0.3, -0.25) is 9.59 Å². The van der Waals surface area contributed by atoms with Gasteiger partial charge in [0.25, 0.3) is 0 Å². The molecule has 4 nitrogen and oxygen atoms in total. The lowest BCUT2D eigenvalue weighted by Gasteiger charge is -2.34. The van der Waals surface area contributed by atoms with Crippen LogP contribution in [0.5, 0.6) is 0 Å². The quantitative estimate of drug-likeness (QED) is 0.796. The number of carbonyl (C=O) groups is 2. The van der Waals surface area contributed by atoms with E-state index in [0.29, 0.717) is 12.3 Å². The number of amides is 2. The fraction of sp³-hybridized carbons (Fsp3) is 0.875. The van der Waals surface area contributed by atoms with Gasteiger partial charge in [0.05, 0.1) is 0 Å². The Balaban J connectivity index is 1.96. The SMILES string of the molecule is CC(C)CC(=O)N1CCC[C@@H]1C(=O)N1CCC(C)CC1. The third-order valence-corrected chi connectivity index (χ3v) is 4.54. The molecule has 2 heterocycles. The first-order valence-corrected chi connectivity index (χ1v) is 8.07. The van der Waals surface area contributed by atoms with Crippen molar-refractivity contribution in [2.24, 2.45) is 11.8 Å². The van der Waals surface area contributed by atoms with Crippen molar-refractivity contribution >= 4 is 11.8 Å². The maximum Gasteiger partial charge on any atom is 0.245 e. The highest BCUT2D eigenvalue weighted by Gasteiger charge is 2.37. The van der Waals surface area contributed by atoms with E-state index in [4.69, 9.17) is 0 Å². The average molecular weight is 280 g/mol. The lowest BCUT2D eigenvalue weighted by molar-refractivity contribution is -0.145. The predicted octanol–water partition coefficient (Wildman–Crippen LogP) is 2.28. The Hall–Kier alpha value is -1.06. The second kappa shape index (κ2) is 6.59. The van der Waals surface area contributed by atoms with Gasteiger partial charge in [0.2, 0.25) is 11.8 Å². The third-order valence-electron chi connectivity index (χ3n) is 4.54.